The van der Waals surface area contributed by atoms with E-state index in [4.69, 9.17) is 9.47 Å². The molecule has 0 saturated heterocycles. The Bertz CT molecular complexity index is 892. The van der Waals surface area contributed by atoms with Gasteiger partial charge in [0.2, 0.25) is 0 Å². The van der Waals surface area contributed by atoms with E-state index >= 15 is 0 Å². The van der Waals surface area contributed by atoms with E-state index in [1.807, 2.05) is 18.2 Å². The Labute approximate surface area is 167 Å². The molecule has 0 aliphatic rings. The van der Waals surface area contributed by atoms with Gasteiger partial charge in [-0.05, 0) is 41.2 Å². The summed E-state index contributed by atoms with van der Waals surface area (Å²) in [6.07, 6.45) is 5.17. The number of hydrogen-bond donors (Lipinski definition) is 0. The molecule has 0 aliphatic carbocycles. The standard InChI is InChI=1S/C24H28N2O2/c1-17(2)15-27-23-9-8-20(13-24(23)28-16-18(3)4)19-6-5-7-21(12-19)22-14-25-10-11-26-22/h5-14,17-18H,15-16H2,1-4H3. The molecule has 146 valence electrons. The van der Waals surface area contributed by atoms with Crippen molar-refractivity contribution >= 4 is 0 Å². The van der Waals surface area contributed by atoms with Gasteiger partial charge in [0.15, 0.2) is 11.5 Å². The average Bonchev–Trinajstić information content (AvgIpc) is 2.71. The Morgan fingerprint density at radius 3 is 2.11 bits per heavy atom. The summed E-state index contributed by atoms with van der Waals surface area (Å²) in [5, 5.41) is 0. The molecule has 0 spiro atoms. The van der Waals surface area contributed by atoms with Gasteiger partial charge in [-0.25, -0.2) is 0 Å². The van der Waals surface area contributed by atoms with Crippen molar-refractivity contribution in [1.29, 1.82) is 0 Å². The smallest absolute Gasteiger partial charge is 0.161 e. The van der Waals surface area contributed by atoms with Gasteiger partial charge in [-0.3, -0.25) is 9.97 Å². The first-order chi connectivity index (χ1) is 13.5. The number of ether oxygens (including phenoxy) is 2. The van der Waals surface area contributed by atoms with Crippen molar-refractivity contribution in [2.45, 2.75) is 27.7 Å². The molecule has 0 radical (unpaired) electrons. The molecule has 0 atom stereocenters. The predicted molar refractivity (Wildman–Crippen MR) is 114 cm³/mol. The maximum Gasteiger partial charge on any atom is 0.161 e. The van der Waals surface area contributed by atoms with Gasteiger partial charge in [-0.15, -0.1) is 0 Å². The summed E-state index contributed by atoms with van der Waals surface area (Å²) in [6.45, 7) is 9.88. The lowest BCUT2D eigenvalue weighted by atomic mass is 10.0. The molecule has 0 amide bonds. The molecule has 1 aromatic heterocycles. The van der Waals surface area contributed by atoms with Crippen LogP contribution in [0.15, 0.2) is 61.1 Å². The first-order valence-electron chi connectivity index (χ1n) is 9.79. The van der Waals surface area contributed by atoms with E-state index in [-0.39, 0.29) is 0 Å². The molecule has 28 heavy (non-hydrogen) atoms. The van der Waals surface area contributed by atoms with Crippen molar-refractivity contribution in [2.24, 2.45) is 11.8 Å². The van der Waals surface area contributed by atoms with Crippen LogP contribution in [-0.4, -0.2) is 23.2 Å². The molecule has 1 heterocycles. The van der Waals surface area contributed by atoms with Crippen LogP contribution in [0, 0.1) is 11.8 Å². The molecular formula is C24H28N2O2. The summed E-state index contributed by atoms with van der Waals surface area (Å²) in [5.41, 5.74) is 4.09. The minimum absolute atomic E-state index is 0.446. The summed E-state index contributed by atoms with van der Waals surface area (Å²) in [7, 11) is 0. The van der Waals surface area contributed by atoms with Crippen molar-refractivity contribution in [2.75, 3.05) is 13.2 Å². The van der Waals surface area contributed by atoms with Crippen molar-refractivity contribution in [3.63, 3.8) is 0 Å². The van der Waals surface area contributed by atoms with Crippen LogP contribution in [0.2, 0.25) is 0 Å². The number of rotatable bonds is 8. The van der Waals surface area contributed by atoms with E-state index in [1.54, 1.807) is 18.6 Å². The Hall–Kier alpha value is -2.88. The second-order valence-corrected chi connectivity index (χ2v) is 7.74. The Morgan fingerprint density at radius 1 is 0.750 bits per heavy atom. The van der Waals surface area contributed by atoms with Crippen LogP contribution in [0.4, 0.5) is 0 Å². The Balaban J connectivity index is 1.92. The fourth-order valence-electron chi connectivity index (χ4n) is 2.74. The molecule has 2 aromatic carbocycles. The van der Waals surface area contributed by atoms with Crippen LogP contribution in [0.25, 0.3) is 22.4 Å². The topological polar surface area (TPSA) is 44.2 Å². The zero-order chi connectivity index (χ0) is 19.9. The maximum absolute atomic E-state index is 6.06. The number of benzene rings is 2. The molecular weight excluding hydrogens is 348 g/mol. The molecule has 3 aromatic rings. The van der Waals surface area contributed by atoms with E-state index in [0.29, 0.717) is 25.0 Å². The SMILES string of the molecule is CC(C)COc1ccc(-c2cccc(-c3cnccn3)c2)cc1OCC(C)C. The Morgan fingerprint density at radius 2 is 1.43 bits per heavy atom. The largest absolute Gasteiger partial charge is 0.489 e. The third kappa shape index (κ3) is 5.32. The number of hydrogen-bond acceptors (Lipinski definition) is 4. The third-order valence-electron chi connectivity index (χ3n) is 4.14. The summed E-state index contributed by atoms with van der Waals surface area (Å²) >= 11 is 0. The van der Waals surface area contributed by atoms with Gasteiger partial charge in [0.05, 0.1) is 25.1 Å². The normalized spacial score (nSPS) is 11.1. The number of aromatic nitrogens is 2. The first kappa shape index (κ1) is 19.9. The van der Waals surface area contributed by atoms with E-state index in [0.717, 1.165) is 33.9 Å². The molecule has 0 unspecified atom stereocenters. The maximum atomic E-state index is 6.06. The quantitative estimate of drug-likeness (QED) is 0.492. The molecule has 0 N–H and O–H groups in total. The predicted octanol–water partition coefficient (Wildman–Crippen LogP) is 5.88. The molecule has 0 fully saturated rings. The highest BCUT2D eigenvalue weighted by molar-refractivity contribution is 5.72. The average molecular weight is 377 g/mol. The van der Waals surface area contributed by atoms with Crippen LogP contribution in [-0.2, 0) is 0 Å². The molecule has 0 bridgehead atoms. The summed E-state index contributed by atoms with van der Waals surface area (Å²) in [4.78, 5) is 8.56. The van der Waals surface area contributed by atoms with Gasteiger partial charge in [0.1, 0.15) is 0 Å². The highest BCUT2D eigenvalue weighted by Gasteiger charge is 2.11. The van der Waals surface area contributed by atoms with Gasteiger partial charge in [0, 0.05) is 18.0 Å². The van der Waals surface area contributed by atoms with E-state index in [1.165, 1.54) is 0 Å². The molecule has 4 nitrogen and oxygen atoms in total. The van der Waals surface area contributed by atoms with Gasteiger partial charge in [-0.1, -0.05) is 52.0 Å². The van der Waals surface area contributed by atoms with Gasteiger partial charge < -0.3 is 9.47 Å². The molecule has 3 rings (SSSR count). The summed E-state index contributed by atoms with van der Waals surface area (Å²) < 4.78 is 12.0. The van der Waals surface area contributed by atoms with Crippen molar-refractivity contribution < 1.29 is 9.47 Å². The van der Waals surface area contributed by atoms with Crippen LogP contribution in [0.5, 0.6) is 11.5 Å². The zero-order valence-electron chi connectivity index (χ0n) is 17.1. The summed E-state index contributed by atoms with van der Waals surface area (Å²) in [5.74, 6) is 2.49. The van der Waals surface area contributed by atoms with Gasteiger partial charge in [-0.2, -0.15) is 0 Å². The van der Waals surface area contributed by atoms with Crippen LogP contribution in [0.3, 0.4) is 0 Å². The lowest BCUT2D eigenvalue weighted by Crippen LogP contribution is -2.09. The lowest BCUT2D eigenvalue weighted by molar-refractivity contribution is 0.229. The zero-order valence-corrected chi connectivity index (χ0v) is 17.1. The second-order valence-electron chi connectivity index (χ2n) is 7.74. The van der Waals surface area contributed by atoms with Crippen LogP contribution in [0.1, 0.15) is 27.7 Å². The van der Waals surface area contributed by atoms with Gasteiger partial charge in [0.25, 0.3) is 0 Å². The van der Waals surface area contributed by atoms with Crippen LogP contribution < -0.4 is 9.47 Å². The van der Waals surface area contributed by atoms with Gasteiger partial charge >= 0.3 is 0 Å². The highest BCUT2D eigenvalue weighted by atomic mass is 16.5. The molecule has 0 saturated carbocycles. The fraction of sp³-hybridized carbons (Fsp3) is 0.333. The fourth-order valence-corrected chi connectivity index (χ4v) is 2.74. The molecule has 4 heteroatoms. The monoisotopic (exact) mass is 376 g/mol. The van der Waals surface area contributed by atoms with E-state index in [9.17, 15) is 0 Å². The van der Waals surface area contributed by atoms with Crippen molar-refractivity contribution in [3.8, 4) is 33.9 Å². The minimum Gasteiger partial charge on any atom is -0.489 e. The van der Waals surface area contributed by atoms with E-state index in [2.05, 4.69) is 61.9 Å². The Kier molecular flexibility index (Phi) is 6.64. The third-order valence-corrected chi connectivity index (χ3v) is 4.14. The van der Waals surface area contributed by atoms with Crippen LogP contribution >= 0.6 is 0 Å². The number of nitrogens with zero attached hydrogens (tertiary/aromatic N) is 2. The lowest BCUT2D eigenvalue weighted by Gasteiger charge is -2.16. The minimum atomic E-state index is 0.446. The van der Waals surface area contributed by atoms with E-state index < -0.39 is 0 Å². The van der Waals surface area contributed by atoms with Crippen molar-refractivity contribution in [3.05, 3.63) is 61.1 Å². The highest BCUT2D eigenvalue weighted by Crippen LogP contribution is 2.34. The second kappa shape index (κ2) is 9.36. The van der Waals surface area contributed by atoms with Crippen molar-refractivity contribution in [1.82, 2.24) is 9.97 Å². The summed E-state index contributed by atoms with van der Waals surface area (Å²) in [6, 6.07) is 14.4. The first-order valence-corrected chi connectivity index (χ1v) is 9.79. The molecule has 0 aliphatic heterocycles.